The molecule has 1 aliphatic carbocycles. The van der Waals surface area contributed by atoms with E-state index in [1.807, 2.05) is 16.8 Å². The minimum absolute atomic E-state index is 0.0146. The SMILES string of the molecule is O=C(O)C1CCC(C(=O)NCc2ccsc2)CC1. The van der Waals surface area contributed by atoms with Gasteiger partial charge in [-0.15, -0.1) is 0 Å². The van der Waals surface area contributed by atoms with Gasteiger partial charge in [0.1, 0.15) is 0 Å². The number of carbonyl (C=O) groups excluding carboxylic acids is 1. The summed E-state index contributed by atoms with van der Waals surface area (Å²) in [6, 6.07) is 1.99. The van der Waals surface area contributed by atoms with Gasteiger partial charge in [-0.25, -0.2) is 0 Å². The first-order valence-corrected chi connectivity index (χ1v) is 7.12. The zero-order valence-corrected chi connectivity index (χ0v) is 10.9. The third-order valence-electron chi connectivity index (χ3n) is 3.49. The molecule has 1 aliphatic rings. The second kappa shape index (κ2) is 6.00. The lowest BCUT2D eigenvalue weighted by atomic mass is 9.81. The Morgan fingerprint density at radius 2 is 1.94 bits per heavy atom. The molecule has 2 rings (SSSR count). The van der Waals surface area contributed by atoms with E-state index in [1.165, 1.54) is 0 Å². The predicted molar refractivity (Wildman–Crippen MR) is 69.2 cm³/mol. The van der Waals surface area contributed by atoms with Crippen LogP contribution in [0.1, 0.15) is 31.2 Å². The molecule has 0 spiro atoms. The molecule has 0 aromatic carbocycles. The summed E-state index contributed by atoms with van der Waals surface area (Å²) in [5.41, 5.74) is 1.12. The van der Waals surface area contributed by atoms with Gasteiger partial charge in [-0.05, 0) is 48.1 Å². The number of thiophene rings is 1. The van der Waals surface area contributed by atoms with Gasteiger partial charge < -0.3 is 10.4 Å². The molecule has 1 amide bonds. The van der Waals surface area contributed by atoms with Gasteiger partial charge in [0, 0.05) is 12.5 Å². The van der Waals surface area contributed by atoms with E-state index in [-0.39, 0.29) is 17.7 Å². The van der Waals surface area contributed by atoms with E-state index < -0.39 is 5.97 Å². The van der Waals surface area contributed by atoms with Gasteiger partial charge in [0.05, 0.1) is 5.92 Å². The van der Waals surface area contributed by atoms with Crippen molar-refractivity contribution in [3.63, 3.8) is 0 Å². The van der Waals surface area contributed by atoms with Gasteiger partial charge in [0.25, 0.3) is 0 Å². The Morgan fingerprint density at radius 3 is 2.50 bits per heavy atom. The molecule has 98 valence electrons. The van der Waals surface area contributed by atoms with Crippen LogP contribution < -0.4 is 5.32 Å². The number of amides is 1. The molecule has 2 N–H and O–H groups in total. The summed E-state index contributed by atoms with van der Waals surface area (Å²) < 4.78 is 0. The predicted octanol–water partition coefficient (Wildman–Crippen LogP) is 2.26. The number of carbonyl (C=O) groups is 2. The van der Waals surface area contributed by atoms with Gasteiger partial charge in [-0.3, -0.25) is 9.59 Å². The highest BCUT2D eigenvalue weighted by atomic mass is 32.1. The number of hydrogen-bond acceptors (Lipinski definition) is 3. The molecule has 0 atom stereocenters. The quantitative estimate of drug-likeness (QED) is 0.879. The fraction of sp³-hybridized carbons (Fsp3) is 0.538. The van der Waals surface area contributed by atoms with Gasteiger partial charge in [0.15, 0.2) is 0 Å². The van der Waals surface area contributed by atoms with Gasteiger partial charge in [-0.2, -0.15) is 11.3 Å². The van der Waals surface area contributed by atoms with Crippen LogP contribution in [0.15, 0.2) is 16.8 Å². The second-order valence-corrected chi connectivity index (χ2v) is 5.52. The molecule has 0 radical (unpaired) electrons. The van der Waals surface area contributed by atoms with Crippen LogP contribution in [0.3, 0.4) is 0 Å². The maximum atomic E-state index is 11.9. The molecule has 4 nitrogen and oxygen atoms in total. The smallest absolute Gasteiger partial charge is 0.306 e. The van der Waals surface area contributed by atoms with E-state index in [1.54, 1.807) is 11.3 Å². The fourth-order valence-electron chi connectivity index (χ4n) is 2.33. The van der Waals surface area contributed by atoms with Crippen LogP contribution >= 0.6 is 11.3 Å². The molecule has 18 heavy (non-hydrogen) atoms. The maximum Gasteiger partial charge on any atom is 0.306 e. The maximum absolute atomic E-state index is 11.9. The van der Waals surface area contributed by atoms with Crippen LogP contribution in [-0.4, -0.2) is 17.0 Å². The summed E-state index contributed by atoms with van der Waals surface area (Å²) in [5.74, 6) is -0.942. The Kier molecular flexibility index (Phi) is 4.36. The van der Waals surface area contributed by atoms with Crippen LogP contribution in [-0.2, 0) is 16.1 Å². The largest absolute Gasteiger partial charge is 0.481 e. The molecule has 0 saturated heterocycles. The van der Waals surface area contributed by atoms with Crippen molar-refractivity contribution < 1.29 is 14.7 Å². The summed E-state index contributed by atoms with van der Waals surface area (Å²) in [5, 5.41) is 15.8. The van der Waals surface area contributed by atoms with E-state index >= 15 is 0 Å². The Labute approximate surface area is 110 Å². The summed E-state index contributed by atoms with van der Waals surface area (Å²) in [6.07, 6.45) is 2.61. The molecule has 1 fully saturated rings. The topological polar surface area (TPSA) is 66.4 Å². The van der Waals surface area contributed by atoms with Gasteiger partial charge in [-0.1, -0.05) is 0 Å². The number of aliphatic carboxylic acids is 1. The normalized spacial score (nSPS) is 23.6. The van der Waals surface area contributed by atoms with E-state index in [2.05, 4.69) is 5.32 Å². The molecular weight excluding hydrogens is 250 g/mol. The highest BCUT2D eigenvalue weighted by Crippen LogP contribution is 2.29. The van der Waals surface area contributed by atoms with Crippen molar-refractivity contribution in [1.82, 2.24) is 5.32 Å². The monoisotopic (exact) mass is 267 g/mol. The first-order valence-electron chi connectivity index (χ1n) is 6.18. The van der Waals surface area contributed by atoms with Crippen molar-refractivity contribution in [2.45, 2.75) is 32.2 Å². The molecule has 0 aliphatic heterocycles. The summed E-state index contributed by atoms with van der Waals surface area (Å²) in [6.45, 7) is 0.571. The molecule has 1 aromatic heterocycles. The minimum atomic E-state index is -0.730. The van der Waals surface area contributed by atoms with Crippen molar-refractivity contribution in [3.05, 3.63) is 22.4 Å². The van der Waals surface area contributed by atoms with E-state index in [9.17, 15) is 9.59 Å². The lowest BCUT2D eigenvalue weighted by molar-refractivity contribution is -0.144. The van der Waals surface area contributed by atoms with Crippen LogP contribution in [0.25, 0.3) is 0 Å². The Morgan fingerprint density at radius 1 is 1.28 bits per heavy atom. The third-order valence-corrected chi connectivity index (χ3v) is 4.23. The summed E-state index contributed by atoms with van der Waals surface area (Å²) in [7, 11) is 0. The average molecular weight is 267 g/mol. The van der Waals surface area contributed by atoms with Crippen molar-refractivity contribution in [1.29, 1.82) is 0 Å². The molecule has 1 saturated carbocycles. The first kappa shape index (κ1) is 13.1. The number of carboxylic acid groups (broad SMARTS) is 1. The fourth-order valence-corrected chi connectivity index (χ4v) is 3.00. The van der Waals surface area contributed by atoms with E-state index in [0.29, 0.717) is 32.2 Å². The van der Waals surface area contributed by atoms with Crippen LogP contribution in [0.4, 0.5) is 0 Å². The molecule has 1 heterocycles. The number of rotatable bonds is 4. The number of hydrogen-bond donors (Lipinski definition) is 2. The van der Waals surface area contributed by atoms with Crippen molar-refractivity contribution in [3.8, 4) is 0 Å². The number of nitrogens with one attached hydrogen (secondary N) is 1. The van der Waals surface area contributed by atoms with E-state index in [4.69, 9.17) is 5.11 Å². The summed E-state index contributed by atoms with van der Waals surface area (Å²) in [4.78, 5) is 22.7. The lowest BCUT2D eigenvalue weighted by Crippen LogP contribution is -2.33. The molecule has 5 heteroatoms. The van der Waals surface area contributed by atoms with Crippen LogP contribution in [0.5, 0.6) is 0 Å². The van der Waals surface area contributed by atoms with Crippen LogP contribution in [0.2, 0.25) is 0 Å². The Hall–Kier alpha value is -1.36. The summed E-state index contributed by atoms with van der Waals surface area (Å²) >= 11 is 1.61. The minimum Gasteiger partial charge on any atom is -0.481 e. The molecule has 0 bridgehead atoms. The standard InChI is InChI=1S/C13H17NO3S/c15-12(14-7-9-5-6-18-8-9)10-1-3-11(4-2-10)13(16)17/h5-6,8,10-11H,1-4,7H2,(H,14,15)(H,16,17). The van der Waals surface area contributed by atoms with Crippen molar-refractivity contribution in [2.75, 3.05) is 0 Å². The van der Waals surface area contributed by atoms with Crippen LogP contribution in [0, 0.1) is 11.8 Å². The third kappa shape index (κ3) is 3.32. The first-order chi connectivity index (χ1) is 8.66. The average Bonchev–Trinajstić information content (AvgIpc) is 2.89. The highest BCUT2D eigenvalue weighted by Gasteiger charge is 2.29. The van der Waals surface area contributed by atoms with Gasteiger partial charge >= 0.3 is 5.97 Å². The Balaban J connectivity index is 1.75. The van der Waals surface area contributed by atoms with Gasteiger partial charge in [0.2, 0.25) is 5.91 Å². The second-order valence-electron chi connectivity index (χ2n) is 4.74. The zero-order chi connectivity index (χ0) is 13.0. The van der Waals surface area contributed by atoms with Crippen molar-refractivity contribution in [2.24, 2.45) is 11.8 Å². The zero-order valence-electron chi connectivity index (χ0n) is 10.1. The number of carboxylic acids is 1. The molecule has 0 unspecified atom stereocenters. The highest BCUT2D eigenvalue weighted by molar-refractivity contribution is 7.07. The Bertz CT molecular complexity index is 408. The molecular formula is C13H17NO3S. The van der Waals surface area contributed by atoms with E-state index in [0.717, 1.165) is 5.56 Å². The van der Waals surface area contributed by atoms with Crippen molar-refractivity contribution >= 4 is 23.2 Å². The lowest BCUT2D eigenvalue weighted by Gasteiger charge is -2.25. The molecule has 1 aromatic rings.